The number of carbonyl (C=O) groups is 2. The summed E-state index contributed by atoms with van der Waals surface area (Å²) in [5.41, 5.74) is 1.56. The van der Waals surface area contributed by atoms with Crippen LogP contribution in [0.15, 0.2) is 107 Å². The molecule has 0 fully saturated rings. The molecule has 0 bridgehead atoms. The molecule has 0 unspecified atom stereocenters. The molecular formula is C28H22AuK3N10O8S4. The first kappa shape index (κ1) is 51.9. The smallest absolute Gasteiger partial charge is 0.295 e. The summed E-state index contributed by atoms with van der Waals surface area (Å²) in [5.74, 6) is -1.37. The van der Waals surface area contributed by atoms with E-state index in [0.717, 1.165) is 12.1 Å². The Bertz CT molecular complexity index is 2410. The van der Waals surface area contributed by atoms with Crippen LogP contribution in [0, 0.1) is 9.54 Å². The van der Waals surface area contributed by atoms with Gasteiger partial charge in [-0.1, -0.05) is 46.6 Å². The van der Waals surface area contributed by atoms with Crippen LogP contribution in [-0.4, -0.2) is 232 Å². The van der Waals surface area contributed by atoms with E-state index in [1.54, 1.807) is 48.5 Å². The first-order valence-corrected chi connectivity index (χ1v) is 17.4. The molecule has 6 rings (SSSR count). The Morgan fingerprint density at radius 3 is 1.26 bits per heavy atom. The summed E-state index contributed by atoms with van der Waals surface area (Å²) in [7, 11) is -9.04. The minimum Gasteiger partial charge on any atom is -0.322 e. The fourth-order valence-corrected chi connectivity index (χ4v) is 5.88. The number of nitrogens with zero attached hydrogens (tertiary/aromatic N) is 6. The minimum atomic E-state index is -4.52. The summed E-state index contributed by atoms with van der Waals surface area (Å²) in [6.07, 6.45) is 0. The first-order valence-electron chi connectivity index (χ1n) is 13.7. The third-order valence-corrected chi connectivity index (χ3v) is 8.54. The number of carbonyl (C=O) groups excluding carboxylic acids is 2. The van der Waals surface area contributed by atoms with Crippen molar-refractivity contribution in [1.82, 2.24) is 40.4 Å². The van der Waals surface area contributed by atoms with Crippen molar-refractivity contribution >= 4 is 222 Å². The summed E-state index contributed by atoms with van der Waals surface area (Å²) in [5, 5.41) is 25.5. The van der Waals surface area contributed by atoms with Gasteiger partial charge in [-0.25, -0.2) is 10.2 Å². The van der Waals surface area contributed by atoms with E-state index in [1.165, 1.54) is 46.0 Å². The van der Waals surface area contributed by atoms with Crippen molar-refractivity contribution in [3.05, 3.63) is 118 Å². The van der Waals surface area contributed by atoms with E-state index in [9.17, 15) is 35.5 Å². The summed E-state index contributed by atoms with van der Waals surface area (Å²) in [6, 6.07) is 23.9. The molecular weight excluding hydrogens is 1050 g/mol. The first-order chi connectivity index (χ1) is 23.7. The largest absolute Gasteiger partial charge is 0.322 e. The van der Waals surface area contributed by atoms with Gasteiger partial charge in [0.25, 0.3) is 32.1 Å². The van der Waals surface area contributed by atoms with E-state index >= 15 is 0 Å². The fraction of sp³-hybridized carbons (Fsp3) is 0. The molecule has 0 atom stereocenters. The SMILES string of the molecule is O=C(Nc1cccc(-n2nnc(=S)[nH]2)c1)c1ccccc1S(=O)(=O)O.O=C(Nc1cccc(-n2nnc(=S)[nH]2)c1)c1ccccc1S(=O)(=O)O.[Au].[K].[K].[K]. The van der Waals surface area contributed by atoms with Crippen molar-refractivity contribution < 1.29 is 57.9 Å². The molecule has 18 nitrogen and oxygen atoms in total. The van der Waals surface area contributed by atoms with Crippen molar-refractivity contribution in [2.24, 2.45) is 0 Å². The average Bonchev–Trinajstić information content (AvgIpc) is 3.72. The summed E-state index contributed by atoms with van der Waals surface area (Å²) in [6.45, 7) is 0. The van der Waals surface area contributed by atoms with Gasteiger partial charge in [0.05, 0.1) is 22.5 Å². The predicted octanol–water partition coefficient (Wildman–Crippen LogP) is 2.50. The molecule has 0 saturated heterocycles. The minimum absolute atomic E-state index is 0. The molecule has 0 aliphatic carbocycles. The van der Waals surface area contributed by atoms with Crippen LogP contribution in [0.3, 0.4) is 0 Å². The normalized spacial score (nSPS) is 10.4. The van der Waals surface area contributed by atoms with Crippen molar-refractivity contribution in [2.45, 2.75) is 9.79 Å². The second-order valence-electron chi connectivity index (χ2n) is 9.79. The van der Waals surface area contributed by atoms with E-state index < -0.39 is 41.8 Å². The molecule has 6 aromatic rings. The number of anilines is 2. The summed E-state index contributed by atoms with van der Waals surface area (Å²) in [4.78, 5) is 26.5. The second-order valence-corrected chi connectivity index (χ2v) is 13.3. The Balaban J connectivity index is 0.000000503. The maximum atomic E-state index is 12.4. The van der Waals surface area contributed by atoms with Crippen LogP contribution < -0.4 is 10.6 Å². The quantitative estimate of drug-likeness (QED) is 0.0728. The van der Waals surface area contributed by atoms with Gasteiger partial charge in [0.1, 0.15) is 9.79 Å². The van der Waals surface area contributed by atoms with E-state index in [0.29, 0.717) is 22.7 Å². The number of benzene rings is 4. The van der Waals surface area contributed by atoms with Crippen LogP contribution in [0.1, 0.15) is 20.7 Å². The van der Waals surface area contributed by atoms with Crippen LogP contribution in [0.25, 0.3) is 11.4 Å². The maximum Gasteiger partial charge on any atom is 0.295 e. The Morgan fingerprint density at radius 2 is 0.944 bits per heavy atom. The maximum absolute atomic E-state index is 12.4. The number of hydrogen-bond donors (Lipinski definition) is 6. The van der Waals surface area contributed by atoms with Gasteiger partial charge in [-0.3, -0.25) is 18.7 Å². The number of aromatic nitrogens is 8. The van der Waals surface area contributed by atoms with Crippen molar-refractivity contribution in [3.63, 3.8) is 0 Å². The topological polar surface area (TPSA) is 260 Å². The standard InChI is InChI=1S/2C14H11N5O4S2.Au.3K/c2*20-13(11-6-1-2-7-12(11)25(21,22)23)15-9-4-3-5-10(8-9)19-17-14(24)16-18-19;;;;/h2*1-8H,(H,15,20)(H,17,24)(H,21,22,23);;;;. The summed E-state index contributed by atoms with van der Waals surface area (Å²) < 4.78 is 64.5. The van der Waals surface area contributed by atoms with E-state index in [2.05, 4.69) is 41.5 Å². The zero-order chi connectivity index (χ0) is 36.1. The third-order valence-electron chi connectivity index (χ3n) is 6.37. The van der Waals surface area contributed by atoms with Crippen molar-refractivity contribution in [3.8, 4) is 11.4 Å². The molecule has 0 spiro atoms. The molecule has 4 radical (unpaired) electrons. The van der Waals surface area contributed by atoms with Gasteiger partial charge in [0.2, 0.25) is 9.54 Å². The Labute approximate surface area is 460 Å². The zero-order valence-corrected chi connectivity index (χ0v) is 43.0. The van der Waals surface area contributed by atoms with E-state index in [-0.39, 0.29) is 197 Å². The number of hydrogen-bond acceptors (Lipinski definition) is 12. The molecule has 54 heavy (non-hydrogen) atoms. The van der Waals surface area contributed by atoms with Crippen molar-refractivity contribution in [1.29, 1.82) is 0 Å². The van der Waals surface area contributed by atoms with Gasteiger partial charge in [-0.05, 0) is 95.5 Å². The third kappa shape index (κ3) is 14.6. The van der Waals surface area contributed by atoms with Gasteiger partial charge < -0.3 is 10.6 Å². The van der Waals surface area contributed by atoms with Gasteiger partial charge in [-0.2, -0.15) is 26.4 Å². The number of nitrogens with one attached hydrogen (secondary N) is 4. The molecule has 270 valence electrons. The van der Waals surface area contributed by atoms with Crippen LogP contribution in [0.4, 0.5) is 11.4 Å². The van der Waals surface area contributed by atoms with Gasteiger partial charge in [0, 0.05) is 188 Å². The Morgan fingerprint density at radius 1 is 0.593 bits per heavy atom. The van der Waals surface area contributed by atoms with Crippen molar-refractivity contribution in [2.75, 3.05) is 10.6 Å². The second kappa shape index (κ2) is 23.5. The monoisotopic (exact) mass is 1070 g/mol. The molecule has 2 amide bonds. The molecule has 0 saturated carbocycles. The zero-order valence-electron chi connectivity index (χ0n) is 28.2. The molecule has 26 heteroatoms. The average molecular weight is 1070 g/mol. The Kier molecular flexibility index (Phi) is 22.5. The van der Waals surface area contributed by atoms with Gasteiger partial charge in [0.15, 0.2) is 0 Å². The van der Waals surface area contributed by atoms with E-state index in [4.69, 9.17) is 24.4 Å². The molecule has 4 aromatic carbocycles. The van der Waals surface area contributed by atoms with Crippen LogP contribution in [0.5, 0.6) is 0 Å². The van der Waals surface area contributed by atoms with Crippen LogP contribution in [0.2, 0.25) is 0 Å². The van der Waals surface area contributed by atoms with Gasteiger partial charge in [-0.15, -0.1) is 0 Å². The summed E-state index contributed by atoms with van der Waals surface area (Å²) >= 11 is 9.70. The molecule has 0 aliphatic heterocycles. The fourth-order valence-electron chi connectivity index (χ4n) is 4.26. The van der Waals surface area contributed by atoms with E-state index in [1.807, 2.05) is 0 Å². The van der Waals surface area contributed by atoms with Crippen LogP contribution in [-0.2, 0) is 42.6 Å². The molecule has 6 N–H and O–H groups in total. The molecule has 0 aliphatic rings. The number of amides is 2. The number of tetrazole rings is 2. The number of aromatic amines is 2. The predicted molar refractivity (Wildman–Crippen MR) is 199 cm³/mol. The van der Waals surface area contributed by atoms with Crippen LogP contribution >= 0.6 is 24.4 Å². The van der Waals surface area contributed by atoms with Gasteiger partial charge >= 0.3 is 0 Å². The molecule has 2 heterocycles. The Hall–Kier alpha value is -0.131. The number of rotatable bonds is 8. The molecule has 2 aromatic heterocycles. The number of H-pyrrole nitrogens is 2.